The number of hydrogen-bond acceptors (Lipinski definition) is 5. The Bertz CT molecular complexity index is 291. The number of amides is 1. The Kier molecular flexibility index (Phi) is 6.49. The van der Waals surface area contributed by atoms with E-state index in [-0.39, 0.29) is 17.9 Å². The predicted octanol–water partition coefficient (Wildman–Crippen LogP) is 0.395. The normalized spacial score (nSPS) is 21.4. The number of carbonyl (C=O) groups is 2. The van der Waals surface area contributed by atoms with Crippen LogP contribution in [0, 0.1) is 5.92 Å². The Morgan fingerprint density at radius 3 is 2.72 bits per heavy atom. The third kappa shape index (κ3) is 4.86. The lowest BCUT2D eigenvalue weighted by Gasteiger charge is -2.25. The molecule has 1 saturated heterocycles. The molecule has 0 radical (unpaired) electrons. The highest BCUT2D eigenvalue weighted by Crippen LogP contribution is 2.10. The first kappa shape index (κ1) is 15.3. The summed E-state index contributed by atoms with van der Waals surface area (Å²) < 4.78 is 4.72. The van der Waals surface area contributed by atoms with Crippen molar-refractivity contribution in [1.82, 2.24) is 10.6 Å². The third-order valence-electron chi connectivity index (χ3n) is 2.75. The number of hydrogen-bond donors (Lipinski definition) is 2. The van der Waals surface area contributed by atoms with Crippen molar-refractivity contribution >= 4 is 23.6 Å². The van der Waals surface area contributed by atoms with Gasteiger partial charge in [-0.05, 0) is 12.3 Å². The quantitative estimate of drug-likeness (QED) is 0.710. The van der Waals surface area contributed by atoms with Crippen LogP contribution in [0.1, 0.15) is 20.3 Å². The molecule has 0 aliphatic carbocycles. The van der Waals surface area contributed by atoms with Crippen LogP contribution in [0.5, 0.6) is 0 Å². The van der Waals surface area contributed by atoms with Gasteiger partial charge in [0.05, 0.1) is 13.2 Å². The minimum absolute atomic E-state index is 0.113. The first-order valence-electron chi connectivity index (χ1n) is 6.24. The molecule has 2 N–H and O–H groups in total. The maximum atomic E-state index is 12.0. The lowest BCUT2D eigenvalue weighted by atomic mass is 10.0. The molecule has 1 fully saturated rings. The highest BCUT2D eigenvalue weighted by Gasteiger charge is 2.27. The Labute approximate surface area is 112 Å². The zero-order valence-corrected chi connectivity index (χ0v) is 12.0. The number of methoxy groups -OCH3 is 1. The van der Waals surface area contributed by atoms with Gasteiger partial charge in [0.25, 0.3) is 0 Å². The van der Waals surface area contributed by atoms with Gasteiger partial charge in [-0.2, -0.15) is 11.8 Å². The van der Waals surface area contributed by atoms with Gasteiger partial charge in [0.1, 0.15) is 6.04 Å². The van der Waals surface area contributed by atoms with Crippen molar-refractivity contribution in [2.45, 2.75) is 32.4 Å². The van der Waals surface area contributed by atoms with Crippen molar-refractivity contribution in [3.8, 4) is 0 Å². The van der Waals surface area contributed by atoms with Gasteiger partial charge in [0, 0.05) is 18.1 Å². The molecular weight excluding hydrogens is 252 g/mol. The van der Waals surface area contributed by atoms with E-state index in [0.717, 1.165) is 18.1 Å². The summed E-state index contributed by atoms with van der Waals surface area (Å²) in [6.45, 7) is 4.85. The molecule has 18 heavy (non-hydrogen) atoms. The van der Waals surface area contributed by atoms with E-state index in [1.807, 2.05) is 13.8 Å². The summed E-state index contributed by atoms with van der Waals surface area (Å²) >= 11 is 1.75. The maximum absolute atomic E-state index is 12.0. The number of esters is 1. The lowest BCUT2D eigenvalue weighted by molar-refractivity contribution is -0.145. The molecule has 6 heteroatoms. The molecule has 2 atom stereocenters. The largest absolute Gasteiger partial charge is 0.467 e. The van der Waals surface area contributed by atoms with E-state index in [2.05, 4.69) is 10.6 Å². The summed E-state index contributed by atoms with van der Waals surface area (Å²) in [7, 11) is 1.34. The first-order valence-corrected chi connectivity index (χ1v) is 7.39. The number of thioether (sulfide) groups is 1. The van der Waals surface area contributed by atoms with Gasteiger partial charge in [0.15, 0.2) is 0 Å². The molecule has 0 bridgehead atoms. The maximum Gasteiger partial charge on any atom is 0.328 e. The van der Waals surface area contributed by atoms with Gasteiger partial charge >= 0.3 is 5.97 Å². The summed E-state index contributed by atoms with van der Waals surface area (Å²) in [6.07, 6.45) is 0.596. The molecule has 1 heterocycles. The van der Waals surface area contributed by atoms with Crippen LogP contribution < -0.4 is 10.6 Å². The van der Waals surface area contributed by atoms with Crippen LogP contribution >= 0.6 is 11.8 Å². The molecule has 0 aromatic heterocycles. The summed E-state index contributed by atoms with van der Waals surface area (Å²) in [5.74, 6) is 1.61. The molecule has 0 aromatic carbocycles. The Morgan fingerprint density at radius 1 is 1.50 bits per heavy atom. The molecule has 0 spiro atoms. The SMILES string of the molecule is COC(=O)C(CC(C)C)NC(=O)C1CSCCN1. The number of carbonyl (C=O) groups excluding carboxylic acids is 2. The van der Waals surface area contributed by atoms with E-state index in [4.69, 9.17) is 4.74 Å². The molecule has 5 nitrogen and oxygen atoms in total. The monoisotopic (exact) mass is 274 g/mol. The zero-order valence-electron chi connectivity index (χ0n) is 11.2. The van der Waals surface area contributed by atoms with Crippen molar-refractivity contribution in [3.63, 3.8) is 0 Å². The number of rotatable bonds is 5. The van der Waals surface area contributed by atoms with Crippen molar-refractivity contribution in [3.05, 3.63) is 0 Å². The lowest BCUT2D eigenvalue weighted by Crippen LogP contribution is -2.53. The Morgan fingerprint density at radius 2 is 2.22 bits per heavy atom. The van der Waals surface area contributed by atoms with Crippen LogP contribution in [0.15, 0.2) is 0 Å². The van der Waals surface area contributed by atoms with E-state index in [9.17, 15) is 9.59 Å². The second-order valence-corrected chi connectivity index (χ2v) is 5.95. The molecule has 1 rings (SSSR count). The fourth-order valence-corrected chi connectivity index (χ4v) is 2.77. The first-order chi connectivity index (χ1) is 8.54. The molecular formula is C12H22N2O3S. The molecule has 2 unspecified atom stereocenters. The van der Waals surface area contributed by atoms with E-state index in [1.165, 1.54) is 7.11 Å². The van der Waals surface area contributed by atoms with Gasteiger partial charge in [0.2, 0.25) is 5.91 Å². The van der Waals surface area contributed by atoms with Crippen molar-refractivity contribution in [2.24, 2.45) is 5.92 Å². The van der Waals surface area contributed by atoms with Gasteiger partial charge < -0.3 is 15.4 Å². The van der Waals surface area contributed by atoms with Crippen molar-refractivity contribution in [2.75, 3.05) is 25.2 Å². The number of nitrogens with one attached hydrogen (secondary N) is 2. The number of ether oxygens (including phenoxy) is 1. The Balaban J connectivity index is 2.52. The molecule has 104 valence electrons. The fraction of sp³-hybridized carbons (Fsp3) is 0.833. The van der Waals surface area contributed by atoms with Crippen LogP contribution in [0.3, 0.4) is 0 Å². The van der Waals surface area contributed by atoms with Gasteiger partial charge in [-0.25, -0.2) is 4.79 Å². The van der Waals surface area contributed by atoms with Crippen molar-refractivity contribution < 1.29 is 14.3 Å². The smallest absolute Gasteiger partial charge is 0.328 e. The average molecular weight is 274 g/mol. The van der Waals surface area contributed by atoms with Gasteiger partial charge in [-0.3, -0.25) is 4.79 Å². The van der Waals surface area contributed by atoms with Crippen LogP contribution in [0.4, 0.5) is 0 Å². The fourth-order valence-electron chi connectivity index (χ4n) is 1.83. The topological polar surface area (TPSA) is 67.4 Å². The highest BCUT2D eigenvalue weighted by molar-refractivity contribution is 7.99. The molecule has 1 aliphatic heterocycles. The minimum Gasteiger partial charge on any atom is -0.467 e. The predicted molar refractivity (Wildman–Crippen MR) is 72.5 cm³/mol. The van der Waals surface area contributed by atoms with E-state index in [0.29, 0.717) is 12.3 Å². The summed E-state index contributed by atoms with van der Waals surface area (Å²) in [6, 6.07) is -0.751. The van der Waals surface area contributed by atoms with Crippen LogP contribution in [0.25, 0.3) is 0 Å². The van der Waals surface area contributed by atoms with Crippen LogP contribution in [-0.4, -0.2) is 49.1 Å². The van der Waals surface area contributed by atoms with Crippen LogP contribution in [-0.2, 0) is 14.3 Å². The molecule has 1 amide bonds. The van der Waals surface area contributed by atoms with Crippen LogP contribution in [0.2, 0.25) is 0 Å². The standard InChI is InChI=1S/C12H22N2O3S/c1-8(2)6-9(12(16)17-3)14-11(15)10-7-18-5-4-13-10/h8-10,13H,4-7H2,1-3H3,(H,14,15). The van der Waals surface area contributed by atoms with E-state index >= 15 is 0 Å². The van der Waals surface area contributed by atoms with Gasteiger partial charge in [-0.15, -0.1) is 0 Å². The highest BCUT2D eigenvalue weighted by atomic mass is 32.2. The molecule has 1 aliphatic rings. The van der Waals surface area contributed by atoms with Crippen molar-refractivity contribution in [1.29, 1.82) is 0 Å². The second-order valence-electron chi connectivity index (χ2n) is 4.80. The second kappa shape index (κ2) is 7.63. The van der Waals surface area contributed by atoms with E-state index < -0.39 is 6.04 Å². The summed E-state index contributed by atoms with van der Waals surface area (Å²) in [5, 5.41) is 5.93. The van der Waals surface area contributed by atoms with E-state index in [1.54, 1.807) is 11.8 Å². The van der Waals surface area contributed by atoms with Gasteiger partial charge in [-0.1, -0.05) is 13.8 Å². The third-order valence-corrected chi connectivity index (χ3v) is 3.81. The molecule has 0 saturated carbocycles. The summed E-state index contributed by atoms with van der Waals surface area (Å²) in [5.41, 5.74) is 0. The minimum atomic E-state index is -0.545. The zero-order chi connectivity index (χ0) is 13.5. The Hall–Kier alpha value is -0.750. The average Bonchev–Trinajstić information content (AvgIpc) is 2.37. The molecule has 0 aromatic rings. The summed E-state index contributed by atoms with van der Waals surface area (Å²) in [4.78, 5) is 23.6.